The maximum Gasteiger partial charge on any atom is 0.0573 e. The summed E-state index contributed by atoms with van der Waals surface area (Å²) in [7, 11) is 0. The first kappa shape index (κ1) is 5.72. The SMILES string of the molecule is C[C@@H]1C[C@H]2C[C@@H]1[C@H](O)C2. The van der Waals surface area contributed by atoms with Crippen LogP contribution in [0, 0.1) is 17.8 Å². The van der Waals surface area contributed by atoms with Crippen LogP contribution in [-0.2, 0) is 0 Å². The van der Waals surface area contributed by atoms with Gasteiger partial charge in [-0.15, -0.1) is 0 Å². The summed E-state index contributed by atoms with van der Waals surface area (Å²) in [6.07, 6.45) is 3.83. The van der Waals surface area contributed by atoms with Crippen molar-refractivity contribution in [1.82, 2.24) is 0 Å². The Morgan fingerprint density at radius 3 is 2.33 bits per heavy atom. The summed E-state index contributed by atoms with van der Waals surface area (Å²) in [6, 6.07) is 0. The summed E-state index contributed by atoms with van der Waals surface area (Å²) in [5.74, 6) is 2.34. The van der Waals surface area contributed by atoms with Crippen LogP contribution in [0.2, 0.25) is 0 Å². The molecule has 1 nitrogen and oxygen atoms in total. The predicted molar refractivity (Wildman–Crippen MR) is 36.0 cm³/mol. The van der Waals surface area contributed by atoms with Gasteiger partial charge in [0, 0.05) is 0 Å². The molecule has 0 aromatic heterocycles. The lowest BCUT2D eigenvalue weighted by atomic mass is 9.88. The van der Waals surface area contributed by atoms with Crippen molar-refractivity contribution in [2.75, 3.05) is 0 Å². The van der Waals surface area contributed by atoms with Gasteiger partial charge in [-0.1, -0.05) is 6.92 Å². The molecule has 0 saturated heterocycles. The van der Waals surface area contributed by atoms with Crippen molar-refractivity contribution in [3.8, 4) is 0 Å². The molecular weight excluding hydrogens is 112 g/mol. The third-order valence-corrected chi connectivity index (χ3v) is 3.11. The van der Waals surface area contributed by atoms with Gasteiger partial charge in [0.15, 0.2) is 0 Å². The van der Waals surface area contributed by atoms with Crippen molar-refractivity contribution < 1.29 is 5.11 Å². The molecule has 2 bridgehead atoms. The van der Waals surface area contributed by atoms with E-state index in [1.165, 1.54) is 12.8 Å². The molecular formula is C8H14O. The molecule has 9 heavy (non-hydrogen) atoms. The van der Waals surface area contributed by atoms with E-state index in [9.17, 15) is 5.11 Å². The first-order chi connectivity index (χ1) is 4.27. The first-order valence-electron chi connectivity index (χ1n) is 3.95. The molecule has 2 aliphatic carbocycles. The average molecular weight is 126 g/mol. The highest BCUT2D eigenvalue weighted by atomic mass is 16.3. The van der Waals surface area contributed by atoms with Crippen LogP contribution < -0.4 is 0 Å². The van der Waals surface area contributed by atoms with Gasteiger partial charge in [-0.05, 0) is 37.0 Å². The number of hydrogen-bond acceptors (Lipinski definition) is 1. The summed E-state index contributed by atoms with van der Waals surface area (Å²) >= 11 is 0. The van der Waals surface area contributed by atoms with E-state index in [0.29, 0.717) is 5.92 Å². The van der Waals surface area contributed by atoms with Gasteiger partial charge in [0.05, 0.1) is 6.10 Å². The molecule has 0 heterocycles. The summed E-state index contributed by atoms with van der Waals surface area (Å²) in [4.78, 5) is 0. The van der Waals surface area contributed by atoms with Crippen LogP contribution >= 0.6 is 0 Å². The zero-order valence-electron chi connectivity index (χ0n) is 5.88. The van der Waals surface area contributed by atoms with Crippen molar-refractivity contribution in [2.45, 2.75) is 32.3 Å². The van der Waals surface area contributed by atoms with Gasteiger partial charge in [-0.2, -0.15) is 0 Å². The molecule has 0 radical (unpaired) electrons. The minimum absolute atomic E-state index is 0.0544. The topological polar surface area (TPSA) is 20.2 Å². The largest absolute Gasteiger partial charge is 0.393 e. The van der Waals surface area contributed by atoms with Crippen molar-refractivity contribution in [3.63, 3.8) is 0 Å². The summed E-state index contributed by atoms with van der Waals surface area (Å²) in [5, 5.41) is 9.39. The molecule has 2 aliphatic rings. The first-order valence-corrected chi connectivity index (χ1v) is 3.95. The Morgan fingerprint density at radius 2 is 2.00 bits per heavy atom. The van der Waals surface area contributed by atoms with Gasteiger partial charge in [0.1, 0.15) is 0 Å². The molecule has 2 saturated carbocycles. The molecule has 1 N–H and O–H groups in total. The Bertz CT molecular complexity index is 110. The summed E-state index contributed by atoms with van der Waals surface area (Å²) in [5.41, 5.74) is 0. The normalized spacial score (nSPS) is 56.7. The lowest BCUT2D eigenvalue weighted by Gasteiger charge is -2.21. The number of fused-ring (bicyclic) bond motifs is 2. The van der Waals surface area contributed by atoms with E-state index in [-0.39, 0.29) is 6.10 Å². The highest BCUT2D eigenvalue weighted by molar-refractivity contribution is 4.93. The number of aliphatic hydroxyl groups excluding tert-OH is 1. The Kier molecular flexibility index (Phi) is 1.10. The fourth-order valence-corrected chi connectivity index (χ4v) is 2.66. The second-order valence-corrected chi connectivity index (χ2v) is 3.78. The number of hydrogen-bond donors (Lipinski definition) is 1. The van der Waals surface area contributed by atoms with Crippen LogP contribution in [0.25, 0.3) is 0 Å². The maximum absolute atomic E-state index is 9.39. The van der Waals surface area contributed by atoms with Crippen LogP contribution in [0.3, 0.4) is 0 Å². The third-order valence-electron chi connectivity index (χ3n) is 3.11. The molecule has 0 aliphatic heterocycles. The van der Waals surface area contributed by atoms with E-state index in [2.05, 4.69) is 6.92 Å². The number of rotatable bonds is 0. The zero-order chi connectivity index (χ0) is 6.43. The van der Waals surface area contributed by atoms with Crippen molar-refractivity contribution in [1.29, 1.82) is 0 Å². The van der Waals surface area contributed by atoms with Crippen LogP contribution in [-0.4, -0.2) is 11.2 Å². The smallest absolute Gasteiger partial charge is 0.0573 e. The fraction of sp³-hybridized carbons (Fsp3) is 1.00. The molecule has 4 atom stereocenters. The van der Waals surface area contributed by atoms with E-state index in [4.69, 9.17) is 0 Å². The lowest BCUT2D eigenvalue weighted by Crippen LogP contribution is -2.21. The van der Waals surface area contributed by atoms with E-state index >= 15 is 0 Å². The predicted octanol–water partition coefficient (Wildman–Crippen LogP) is 1.41. The van der Waals surface area contributed by atoms with Gasteiger partial charge < -0.3 is 5.11 Å². The minimum atomic E-state index is 0.0544. The minimum Gasteiger partial charge on any atom is -0.393 e. The molecule has 1 heteroatoms. The fourth-order valence-electron chi connectivity index (χ4n) is 2.66. The molecule has 0 unspecified atom stereocenters. The van der Waals surface area contributed by atoms with Gasteiger partial charge >= 0.3 is 0 Å². The van der Waals surface area contributed by atoms with Crippen LogP contribution in [0.1, 0.15) is 26.2 Å². The molecule has 2 rings (SSSR count). The Balaban J connectivity index is 2.13. The Hall–Kier alpha value is -0.0400. The highest BCUT2D eigenvalue weighted by Crippen LogP contribution is 2.47. The van der Waals surface area contributed by atoms with Crippen molar-refractivity contribution in [3.05, 3.63) is 0 Å². The van der Waals surface area contributed by atoms with Gasteiger partial charge in [-0.3, -0.25) is 0 Å². The zero-order valence-corrected chi connectivity index (χ0v) is 5.88. The van der Waals surface area contributed by atoms with Gasteiger partial charge in [-0.25, -0.2) is 0 Å². The van der Waals surface area contributed by atoms with Crippen molar-refractivity contribution >= 4 is 0 Å². The van der Waals surface area contributed by atoms with Gasteiger partial charge in [0.2, 0.25) is 0 Å². The molecule has 52 valence electrons. The highest BCUT2D eigenvalue weighted by Gasteiger charge is 2.42. The molecule has 0 aromatic rings. The third kappa shape index (κ3) is 0.710. The maximum atomic E-state index is 9.39. The second-order valence-electron chi connectivity index (χ2n) is 3.78. The van der Waals surface area contributed by atoms with E-state index < -0.39 is 0 Å². The summed E-state index contributed by atoms with van der Waals surface area (Å²) < 4.78 is 0. The van der Waals surface area contributed by atoms with Crippen LogP contribution in [0.15, 0.2) is 0 Å². The van der Waals surface area contributed by atoms with E-state index in [1.807, 2.05) is 0 Å². The van der Waals surface area contributed by atoms with E-state index in [0.717, 1.165) is 18.3 Å². The van der Waals surface area contributed by atoms with Crippen molar-refractivity contribution in [2.24, 2.45) is 17.8 Å². The molecule has 2 fully saturated rings. The molecule has 0 spiro atoms. The van der Waals surface area contributed by atoms with Crippen LogP contribution in [0.5, 0.6) is 0 Å². The average Bonchev–Trinajstić information content (AvgIpc) is 2.22. The Labute approximate surface area is 56.1 Å². The Morgan fingerprint density at radius 1 is 1.22 bits per heavy atom. The monoisotopic (exact) mass is 126 g/mol. The van der Waals surface area contributed by atoms with E-state index in [1.54, 1.807) is 0 Å². The quantitative estimate of drug-likeness (QED) is 0.520. The van der Waals surface area contributed by atoms with Crippen LogP contribution in [0.4, 0.5) is 0 Å². The van der Waals surface area contributed by atoms with Gasteiger partial charge in [0.25, 0.3) is 0 Å². The molecule has 0 amide bonds. The lowest BCUT2D eigenvalue weighted by molar-refractivity contribution is 0.0866. The summed E-state index contributed by atoms with van der Waals surface area (Å²) in [6.45, 7) is 2.27. The molecule has 0 aromatic carbocycles. The standard InChI is InChI=1S/C8H14O/c1-5-2-6-3-7(5)8(9)4-6/h5-9H,2-4H2,1H3/t5-,6+,7+,8-/m1/s1. The number of aliphatic hydroxyl groups is 1. The second kappa shape index (κ2) is 1.72.